The van der Waals surface area contributed by atoms with Crippen molar-refractivity contribution >= 4 is 16.9 Å². The van der Waals surface area contributed by atoms with Crippen LogP contribution < -0.4 is 0 Å². The highest BCUT2D eigenvalue weighted by Crippen LogP contribution is 2.36. The van der Waals surface area contributed by atoms with Gasteiger partial charge in [0.05, 0.1) is 0 Å². The van der Waals surface area contributed by atoms with Crippen LogP contribution in [0.25, 0.3) is 33.2 Å². The average molecular weight is 464 g/mol. The summed E-state index contributed by atoms with van der Waals surface area (Å²) in [7, 11) is 0. The second kappa shape index (κ2) is 8.63. The topological polar surface area (TPSA) is 46.3 Å². The lowest BCUT2D eigenvalue weighted by Crippen LogP contribution is -2.42. The molecule has 1 amide bonds. The van der Waals surface area contributed by atoms with Crippen LogP contribution in [0.2, 0.25) is 0 Å². The monoisotopic (exact) mass is 464 g/mol. The molecule has 34 heavy (non-hydrogen) atoms. The van der Waals surface area contributed by atoms with Crippen molar-refractivity contribution in [3.05, 3.63) is 78.1 Å². The molecular weight excluding hydrogens is 441 g/mol. The zero-order valence-electron chi connectivity index (χ0n) is 18.7. The molecule has 3 heterocycles. The number of aromatic nitrogens is 1. The molecule has 5 rings (SSSR count). The normalized spacial score (nSPS) is 15.6. The van der Waals surface area contributed by atoms with E-state index in [4.69, 9.17) is 4.42 Å². The molecule has 0 N–H and O–H groups in total. The number of likely N-dealkylation sites (tertiary alicyclic amines) is 1. The van der Waals surface area contributed by atoms with Crippen LogP contribution in [-0.4, -0.2) is 34.8 Å². The molecule has 1 aliphatic heterocycles. The Morgan fingerprint density at radius 3 is 2.35 bits per heavy atom. The Morgan fingerprint density at radius 1 is 1.00 bits per heavy atom. The number of amides is 1. The summed E-state index contributed by atoms with van der Waals surface area (Å²) in [6.45, 7) is 2.12. The zero-order valence-corrected chi connectivity index (χ0v) is 18.7. The summed E-state index contributed by atoms with van der Waals surface area (Å²) in [4.78, 5) is 18.0. The summed E-state index contributed by atoms with van der Waals surface area (Å²) >= 11 is 0. The second-order valence-electron chi connectivity index (χ2n) is 8.60. The number of benzene rings is 2. The Bertz CT molecular complexity index is 1340. The SMILES string of the molecule is CCc1cc2cc(-c3ccc(C(=O)N4CCC(F)(F)CC4)cc3)cc(-c3ccc(F)nc3)c2o1. The van der Waals surface area contributed by atoms with Crippen molar-refractivity contribution in [3.8, 4) is 22.3 Å². The quantitative estimate of drug-likeness (QED) is 0.315. The van der Waals surface area contributed by atoms with E-state index < -0.39 is 11.9 Å². The van der Waals surface area contributed by atoms with Crippen molar-refractivity contribution in [2.24, 2.45) is 0 Å². The van der Waals surface area contributed by atoms with E-state index in [1.54, 1.807) is 18.2 Å². The molecule has 0 unspecified atom stereocenters. The number of fused-ring (bicyclic) bond motifs is 1. The highest BCUT2D eigenvalue weighted by Gasteiger charge is 2.35. The predicted octanol–water partition coefficient (Wildman–Crippen LogP) is 6.73. The lowest BCUT2D eigenvalue weighted by molar-refractivity contribution is -0.0494. The fourth-order valence-electron chi connectivity index (χ4n) is 4.32. The summed E-state index contributed by atoms with van der Waals surface area (Å²) in [5.41, 5.74) is 4.51. The number of alkyl halides is 2. The van der Waals surface area contributed by atoms with E-state index in [1.165, 1.54) is 17.2 Å². The highest BCUT2D eigenvalue weighted by atomic mass is 19.3. The van der Waals surface area contributed by atoms with Crippen LogP contribution >= 0.6 is 0 Å². The molecule has 2 aromatic carbocycles. The number of carbonyl (C=O) groups excluding carboxylic acids is 1. The van der Waals surface area contributed by atoms with Gasteiger partial charge in [-0.25, -0.2) is 13.8 Å². The third kappa shape index (κ3) is 4.30. The highest BCUT2D eigenvalue weighted by molar-refractivity contribution is 5.98. The number of hydrogen-bond donors (Lipinski definition) is 0. The maximum Gasteiger partial charge on any atom is 0.253 e. The Balaban J connectivity index is 1.48. The molecule has 0 radical (unpaired) electrons. The van der Waals surface area contributed by atoms with E-state index in [-0.39, 0.29) is 31.8 Å². The second-order valence-corrected chi connectivity index (χ2v) is 8.60. The van der Waals surface area contributed by atoms with Crippen molar-refractivity contribution in [2.75, 3.05) is 13.1 Å². The van der Waals surface area contributed by atoms with Gasteiger partial charge in [0.1, 0.15) is 11.3 Å². The molecule has 1 fully saturated rings. The number of hydrogen-bond acceptors (Lipinski definition) is 3. The summed E-state index contributed by atoms with van der Waals surface area (Å²) < 4.78 is 46.3. The smallest absolute Gasteiger partial charge is 0.253 e. The van der Waals surface area contributed by atoms with Crippen LogP contribution in [-0.2, 0) is 6.42 Å². The minimum absolute atomic E-state index is 0.0551. The van der Waals surface area contributed by atoms with Gasteiger partial charge in [0.15, 0.2) is 0 Å². The van der Waals surface area contributed by atoms with Crippen molar-refractivity contribution in [2.45, 2.75) is 32.1 Å². The standard InChI is InChI=1S/C27H23F3N2O2/c1-2-22-14-21-13-20(15-23(25(21)34-22)19-7-8-24(28)31-16-19)17-3-5-18(6-4-17)26(33)32-11-9-27(29,30)10-12-32/h3-8,13-16H,2,9-12H2,1H3. The molecule has 1 saturated heterocycles. The fourth-order valence-corrected chi connectivity index (χ4v) is 4.32. The minimum atomic E-state index is -2.69. The van der Waals surface area contributed by atoms with Gasteiger partial charge in [-0.3, -0.25) is 4.79 Å². The number of nitrogens with zero attached hydrogens (tertiary/aromatic N) is 2. The lowest BCUT2D eigenvalue weighted by atomic mass is 9.96. The first-order chi connectivity index (χ1) is 16.3. The van der Waals surface area contributed by atoms with Gasteiger partial charge < -0.3 is 9.32 Å². The zero-order chi connectivity index (χ0) is 23.9. The predicted molar refractivity (Wildman–Crippen MR) is 124 cm³/mol. The van der Waals surface area contributed by atoms with Gasteiger partial charge in [-0.15, -0.1) is 0 Å². The Labute approximate surface area is 195 Å². The van der Waals surface area contributed by atoms with Gasteiger partial charge in [-0.2, -0.15) is 4.39 Å². The summed E-state index contributed by atoms with van der Waals surface area (Å²) in [6.07, 6.45) is 1.61. The van der Waals surface area contributed by atoms with E-state index in [2.05, 4.69) is 4.98 Å². The third-order valence-electron chi connectivity index (χ3n) is 6.30. The fraction of sp³-hybridized carbons (Fsp3) is 0.259. The molecule has 7 heteroatoms. The molecule has 0 bridgehead atoms. The van der Waals surface area contributed by atoms with Crippen LogP contribution in [0.5, 0.6) is 0 Å². The van der Waals surface area contributed by atoms with Gasteiger partial charge in [0.2, 0.25) is 5.95 Å². The van der Waals surface area contributed by atoms with Crippen LogP contribution in [0.15, 0.2) is 65.2 Å². The number of piperidine rings is 1. The molecule has 1 aliphatic rings. The molecular formula is C27H23F3N2O2. The maximum atomic E-state index is 13.4. The van der Waals surface area contributed by atoms with E-state index in [1.807, 2.05) is 37.3 Å². The first-order valence-electron chi connectivity index (χ1n) is 11.3. The number of furan rings is 1. The third-order valence-corrected chi connectivity index (χ3v) is 6.30. The van der Waals surface area contributed by atoms with Crippen molar-refractivity contribution in [3.63, 3.8) is 0 Å². The first-order valence-corrected chi connectivity index (χ1v) is 11.3. The summed E-state index contributed by atoms with van der Waals surface area (Å²) in [5, 5.41) is 0.920. The van der Waals surface area contributed by atoms with E-state index in [0.29, 0.717) is 11.1 Å². The van der Waals surface area contributed by atoms with Crippen molar-refractivity contribution < 1.29 is 22.4 Å². The van der Waals surface area contributed by atoms with Crippen LogP contribution in [0.3, 0.4) is 0 Å². The number of rotatable bonds is 4. The Morgan fingerprint density at radius 2 is 1.71 bits per heavy atom. The number of carbonyl (C=O) groups is 1. The lowest BCUT2D eigenvalue weighted by Gasteiger charge is -2.31. The molecule has 0 aliphatic carbocycles. The summed E-state index contributed by atoms with van der Waals surface area (Å²) in [5.74, 6) is -2.64. The minimum Gasteiger partial charge on any atom is -0.460 e. The molecule has 0 spiro atoms. The molecule has 0 atom stereocenters. The molecule has 4 aromatic rings. The van der Waals surface area contributed by atoms with Gasteiger partial charge >= 0.3 is 0 Å². The molecule has 2 aromatic heterocycles. The average Bonchev–Trinajstić information content (AvgIpc) is 3.27. The van der Waals surface area contributed by atoms with Crippen LogP contribution in [0.1, 0.15) is 35.9 Å². The molecule has 174 valence electrons. The van der Waals surface area contributed by atoms with Crippen molar-refractivity contribution in [1.29, 1.82) is 0 Å². The largest absolute Gasteiger partial charge is 0.460 e. The Kier molecular flexibility index (Phi) is 5.63. The maximum absolute atomic E-state index is 13.4. The molecule has 4 nitrogen and oxygen atoms in total. The van der Waals surface area contributed by atoms with Gasteiger partial charge in [0, 0.05) is 60.6 Å². The summed E-state index contributed by atoms with van der Waals surface area (Å²) in [6, 6.07) is 16.1. The van der Waals surface area contributed by atoms with Gasteiger partial charge in [0.25, 0.3) is 11.8 Å². The van der Waals surface area contributed by atoms with Crippen molar-refractivity contribution in [1.82, 2.24) is 9.88 Å². The number of halogens is 3. The van der Waals surface area contributed by atoms with E-state index >= 15 is 0 Å². The van der Waals surface area contributed by atoms with E-state index in [9.17, 15) is 18.0 Å². The van der Waals surface area contributed by atoms with E-state index in [0.717, 1.165) is 39.8 Å². The first kappa shape index (κ1) is 22.2. The van der Waals surface area contributed by atoms with Gasteiger partial charge in [-0.1, -0.05) is 19.1 Å². The molecule has 0 saturated carbocycles. The van der Waals surface area contributed by atoms with Crippen LogP contribution in [0.4, 0.5) is 13.2 Å². The Hall–Kier alpha value is -3.61. The number of aryl methyl sites for hydroxylation is 1. The van der Waals surface area contributed by atoms with Gasteiger partial charge in [-0.05, 0) is 53.6 Å². The number of pyridine rings is 1. The van der Waals surface area contributed by atoms with Crippen LogP contribution in [0, 0.1) is 5.95 Å².